The lowest BCUT2D eigenvalue weighted by molar-refractivity contribution is 0.111. The van der Waals surface area contributed by atoms with Gasteiger partial charge < -0.3 is 0 Å². The summed E-state index contributed by atoms with van der Waals surface area (Å²) in [5.41, 5.74) is 1.37. The van der Waals surface area contributed by atoms with E-state index in [4.69, 9.17) is 23.2 Å². The number of carbonyl (C=O) groups is 1. The highest BCUT2D eigenvalue weighted by Gasteiger charge is 2.10. The molecule has 0 fully saturated rings. The number of hydrogen-bond acceptors (Lipinski definition) is 4. The van der Waals surface area contributed by atoms with Crippen molar-refractivity contribution in [2.24, 2.45) is 0 Å². The molecule has 6 heteroatoms. The van der Waals surface area contributed by atoms with Crippen molar-refractivity contribution >= 4 is 29.5 Å². The Morgan fingerprint density at radius 1 is 1.24 bits per heavy atom. The molecule has 17 heavy (non-hydrogen) atoms. The molecule has 0 atom stereocenters. The lowest BCUT2D eigenvalue weighted by Gasteiger charge is -2.04. The van der Waals surface area contributed by atoms with Crippen molar-refractivity contribution in [2.75, 3.05) is 0 Å². The Morgan fingerprint density at radius 3 is 2.65 bits per heavy atom. The molecule has 0 aliphatic rings. The Kier molecular flexibility index (Phi) is 3.36. The Balaban J connectivity index is 2.59. The highest BCUT2D eigenvalue weighted by Crippen LogP contribution is 2.25. The van der Waals surface area contributed by atoms with Crippen molar-refractivity contribution in [3.8, 4) is 11.5 Å². The first-order valence-corrected chi connectivity index (χ1v) is 5.48. The zero-order valence-electron chi connectivity index (χ0n) is 8.82. The van der Waals surface area contributed by atoms with Crippen LogP contribution in [-0.4, -0.2) is 21.2 Å². The van der Waals surface area contributed by atoms with Crippen LogP contribution in [0.4, 0.5) is 0 Å². The van der Waals surface area contributed by atoms with Crippen LogP contribution in [0.5, 0.6) is 0 Å². The molecule has 0 aliphatic heterocycles. The number of pyridine rings is 1. The van der Waals surface area contributed by atoms with Gasteiger partial charge in [0.1, 0.15) is 11.4 Å². The number of rotatable bonds is 2. The summed E-state index contributed by atoms with van der Waals surface area (Å²) in [7, 11) is 0. The van der Waals surface area contributed by atoms with Crippen molar-refractivity contribution < 1.29 is 4.79 Å². The average molecular weight is 268 g/mol. The third-order valence-electron chi connectivity index (χ3n) is 2.01. The molecule has 0 bridgehead atoms. The topological polar surface area (TPSA) is 55.7 Å². The second-order valence-electron chi connectivity index (χ2n) is 3.36. The van der Waals surface area contributed by atoms with E-state index in [1.807, 2.05) is 0 Å². The van der Waals surface area contributed by atoms with E-state index >= 15 is 0 Å². The van der Waals surface area contributed by atoms with Gasteiger partial charge in [-0.3, -0.25) is 4.79 Å². The fraction of sp³-hybridized carbons (Fsp3) is 0.0909. The summed E-state index contributed by atoms with van der Waals surface area (Å²) in [6.45, 7) is 1.77. The summed E-state index contributed by atoms with van der Waals surface area (Å²) in [4.78, 5) is 23.0. The lowest BCUT2D eigenvalue weighted by Crippen LogP contribution is -1.98. The molecule has 4 nitrogen and oxygen atoms in total. The Bertz CT molecular complexity index is 587. The van der Waals surface area contributed by atoms with Gasteiger partial charge in [-0.1, -0.05) is 23.2 Å². The number of aldehydes is 1. The largest absolute Gasteiger partial charge is 0.296 e. The summed E-state index contributed by atoms with van der Waals surface area (Å²) in [5, 5.41) is 0.780. The minimum atomic E-state index is 0.292. The summed E-state index contributed by atoms with van der Waals surface area (Å²) in [6.07, 6.45) is 2.11. The molecule has 0 radical (unpaired) electrons. The molecule has 0 aliphatic carbocycles. The van der Waals surface area contributed by atoms with Gasteiger partial charge in [0.15, 0.2) is 12.1 Å². The van der Waals surface area contributed by atoms with Crippen LogP contribution in [-0.2, 0) is 0 Å². The molecule has 0 amide bonds. The molecule has 2 aromatic rings. The average Bonchev–Trinajstić information content (AvgIpc) is 2.28. The Labute approximate surface area is 108 Å². The second kappa shape index (κ2) is 4.77. The monoisotopic (exact) mass is 267 g/mol. The smallest absolute Gasteiger partial charge is 0.180 e. The van der Waals surface area contributed by atoms with Crippen molar-refractivity contribution in [3.05, 3.63) is 39.8 Å². The first-order valence-electron chi connectivity index (χ1n) is 4.72. The van der Waals surface area contributed by atoms with E-state index in [1.165, 1.54) is 6.20 Å². The highest BCUT2D eigenvalue weighted by molar-refractivity contribution is 6.35. The van der Waals surface area contributed by atoms with Crippen LogP contribution in [0.15, 0.2) is 18.3 Å². The zero-order chi connectivity index (χ0) is 12.4. The minimum Gasteiger partial charge on any atom is -0.296 e. The molecule has 0 spiro atoms. The Hall–Kier alpha value is -1.52. The van der Waals surface area contributed by atoms with Gasteiger partial charge in [0.2, 0.25) is 0 Å². The zero-order valence-corrected chi connectivity index (χ0v) is 10.3. The molecule has 86 valence electrons. The number of aryl methyl sites for hydroxylation is 1. The van der Waals surface area contributed by atoms with Crippen molar-refractivity contribution in [2.45, 2.75) is 6.92 Å². The minimum absolute atomic E-state index is 0.292. The van der Waals surface area contributed by atoms with Crippen LogP contribution in [0.3, 0.4) is 0 Å². The maximum absolute atomic E-state index is 10.7. The predicted molar refractivity (Wildman–Crippen MR) is 65.4 cm³/mol. The Morgan fingerprint density at radius 2 is 2.00 bits per heavy atom. The van der Waals surface area contributed by atoms with E-state index < -0.39 is 0 Å². The van der Waals surface area contributed by atoms with Gasteiger partial charge >= 0.3 is 0 Å². The first kappa shape index (κ1) is 12.0. The third-order valence-corrected chi connectivity index (χ3v) is 2.51. The van der Waals surface area contributed by atoms with Crippen molar-refractivity contribution in [3.63, 3.8) is 0 Å². The van der Waals surface area contributed by atoms with Crippen LogP contribution in [0.2, 0.25) is 10.0 Å². The van der Waals surface area contributed by atoms with Crippen LogP contribution >= 0.6 is 23.2 Å². The highest BCUT2D eigenvalue weighted by atomic mass is 35.5. The molecule has 2 rings (SSSR count). The summed E-state index contributed by atoms with van der Waals surface area (Å²) in [5.74, 6) is 0.314. The van der Waals surface area contributed by atoms with E-state index in [1.54, 1.807) is 19.1 Å². The SMILES string of the molecule is Cc1cc(C=O)nc(-c2ncc(Cl)cc2Cl)n1. The van der Waals surface area contributed by atoms with E-state index in [0.717, 1.165) is 0 Å². The number of hydrogen-bond donors (Lipinski definition) is 0. The maximum Gasteiger partial charge on any atom is 0.180 e. The fourth-order valence-corrected chi connectivity index (χ4v) is 1.80. The standard InChI is InChI=1S/C11H7Cl2N3O/c1-6-2-8(5-17)16-11(15-6)10-9(13)3-7(12)4-14-10/h2-5H,1H3. The van der Waals surface area contributed by atoms with Crippen LogP contribution in [0, 0.1) is 6.92 Å². The van der Waals surface area contributed by atoms with Crippen molar-refractivity contribution in [1.29, 1.82) is 0 Å². The molecule has 0 unspecified atom stereocenters. The third kappa shape index (κ3) is 2.60. The van der Waals surface area contributed by atoms with Crippen molar-refractivity contribution in [1.82, 2.24) is 15.0 Å². The van der Waals surface area contributed by atoms with E-state index in [2.05, 4.69) is 15.0 Å². The van der Waals surface area contributed by atoms with Gasteiger partial charge in [-0.25, -0.2) is 15.0 Å². The number of aromatic nitrogens is 3. The fourth-order valence-electron chi connectivity index (χ4n) is 1.34. The number of nitrogens with zero attached hydrogens (tertiary/aromatic N) is 3. The van der Waals surface area contributed by atoms with E-state index in [-0.39, 0.29) is 0 Å². The normalized spacial score (nSPS) is 10.3. The molecule has 2 aromatic heterocycles. The van der Waals surface area contributed by atoms with Gasteiger partial charge in [-0.05, 0) is 19.1 Å². The lowest BCUT2D eigenvalue weighted by atomic mass is 10.3. The molecular formula is C11H7Cl2N3O. The van der Waals surface area contributed by atoms with Gasteiger partial charge in [-0.15, -0.1) is 0 Å². The molecule has 2 heterocycles. The molecule has 0 aromatic carbocycles. The van der Waals surface area contributed by atoms with Crippen LogP contribution < -0.4 is 0 Å². The summed E-state index contributed by atoms with van der Waals surface area (Å²) >= 11 is 11.7. The summed E-state index contributed by atoms with van der Waals surface area (Å²) < 4.78 is 0. The quantitative estimate of drug-likeness (QED) is 0.785. The first-order chi connectivity index (χ1) is 8.10. The number of halogens is 2. The maximum atomic E-state index is 10.7. The molecule has 0 saturated carbocycles. The van der Waals surface area contributed by atoms with Crippen LogP contribution in [0.1, 0.15) is 16.2 Å². The van der Waals surface area contributed by atoms with E-state index in [9.17, 15) is 4.79 Å². The second-order valence-corrected chi connectivity index (χ2v) is 4.20. The van der Waals surface area contributed by atoms with Gasteiger partial charge in [0.05, 0.1) is 10.0 Å². The van der Waals surface area contributed by atoms with Gasteiger partial charge in [-0.2, -0.15) is 0 Å². The van der Waals surface area contributed by atoms with E-state index in [0.29, 0.717) is 39.2 Å². The number of carbonyl (C=O) groups excluding carboxylic acids is 1. The molecule has 0 saturated heterocycles. The van der Waals surface area contributed by atoms with Gasteiger partial charge in [0, 0.05) is 11.9 Å². The predicted octanol–water partition coefficient (Wildman–Crippen LogP) is 2.97. The van der Waals surface area contributed by atoms with Crippen LogP contribution in [0.25, 0.3) is 11.5 Å². The summed E-state index contributed by atoms with van der Waals surface area (Å²) in [6, 6.07) is 3.14. The molecular weight excluding hydrogens is 261 g/mol. The molecule has 0 N–H and O–H groups in total. The van der Waals surface area contributed by atoms with Gasteiger partial charge in [0.25, 0.3) is 0 Å².